The van der Waals surface area contributed by atoms with Gasteiger partial charge in [-0.05, 0) is 44.5 Å². The normalized spacial score (nSPS) is 17.4. The van der Waals surface area contributed by atoms with E-state index < -0.39 is 0 Å². The summed E-state index contributed by atoms with van der Waals surface area (Å²) in [4.78, 5) is 25.3. The second-order valence-electron chi connectivity index (χ2n) is 6.67. The smallest absolute Gasteiger partial charge is 0.272 e. The molecule has 5 nitrogen and oxygen atoms in total. The number of carbonyl (C=O) groups is 1. The van der Waals surface area contributed by atoms with Crippen LogP contribution in [0.4, 0.5) is 0 Å². The van der Waals surface area contributed by atoms with E-state index in [1.54, 1.807) is 11.0 Å². The number of benzene rings is 1. The van der Waals surface area contributed by atoms with Crippen molar-refractivity contribution in [1.82, 2.24) is 19.8 Å². The quantitative estimate of drug-likeness (QED) is 0.869. The summed E-state index contributed by atoms with van der Waals surface area (Å²) in [6, 6.07) is 10.6. The molecule has 24 heavy (non-hydrogen) atoms. The molecule has 5 heteroatoms. The van der Waals surface area contributed by atoms with E-state index in [9.17, 15) is 4.79 Å². The molecule has 0 radical (unpaired) electrons. The van der Waals surface area contributed by atoms with Gasteiger partial charge < -0.3 is 4.90 Å². The largest absolute Gasteiger partial charge is 0.339 e. The Morgan fingerprint density at radius 3 is 2.67 bits per heavy atom. The van der Waals surface area contributed by atoms with Crippen molar-refractivity contribution in [3.63, 3.8) is 0 Å². The number of aromatic nitrogens is 2. The lowest BCUT2D eigenvalue weighted by Crippen LogP contribution is -2.46. The van der Waals surface area contributed by atoms with Crippen molar-refractivity contribution in [2.24, 2.45) is 0 Å². The molecule has 0 unspecified atom stereocenters. The van der Waals surface area contributed by atoms with Crippen LogP contribution >= 0.6 is 0 Å². The standard InChI is InChI=1S/C19H24N4O/c1-13-9-18(21-14(2)20-13)19(24)23(4)12-17-10-15-7-5-6-8-16(15)11-22(17)3/h5-9,17H,10-12H2,1-4H3/t17-/m0/s1. The molecule has 1 aliphatic rings. The Morgan fingerprint density at radius 1 is 1.25 bits per heavy atom. The van der Waals surface area contributed by atoms with Crippen LogP contribution in [-0.2, 0) is 13.0 Å². The molecule has 0 saturated heterocycles. The molecule has 0 aliphatic carbocycles. The summed E-state index contributed by atoms with van der Waals surface area (Å²) in [7, 11) is 3.97. The van der Waals surface area contributed by atoms with Gasteiger partial charge in [-0.3, -0.25) is 9.69 Å². The molecule has 0 saturated carbocycles. The summed E-state index contributed by atoms with van der Waals surface area (Å²) in [5, 5.41) is 0. The number of hydrogen-bond acceptors (Lipinski definition) is 4. The molecule has 126 valence electrons. The van der Waals surface area contributed by atoms with Gasteiger partial charge in [-0.1, -0.05) is 24.3 Å². The lowest BCUT2D eigenvalue weighted by molar-refractivity contribution is 0.0727. The van der Waals surface area contributed by atoms with Crippen molar-refractivity contribution in [3.8, 4) is 0 Å². The summed E-state index contributed by atoms with van der Waals surface area (Å²) in [5.41, 5.74) is 4.06. The van der Waals surface area contributed by atoms with Crippen LogP contribution in [-0.4, -0.2) is 52.4 Å². The molecule has 3 rings (SSSR count). The van der Waals surface area contributed by atoms with Crippen LogP contribution in [0.5, 0.6) is 0 Å². The Labute approximate surface area is 143 Å². The van der Waals surface area contributed by atoms with Crippen LogP contribution in [0.1, 0.15) is 33.1 Å². The minimum atomic E-state index is -0.0455. The first-order valence-corrected chi connectivity index (χ1v) is 8.29. The predicted molar refractivity (Wildman–Crippen MR) is 93.9 cm³/mol. The highest BCUT2D eigenvalue weighted by Crippen LogP contribution is 2.22. The molecule has 2 heterocycles. The Hall–Kier alpha value is -2.27. The minimum absolute atomic E-state index is 0.0455. The molecule has 1 atom stereocenters. The van der Waals surface area contributed by atoms with E-state index in [4.69, 9.17) is 0 Å². The molecule has 0 bridgehead atoms. The van der Waals surface area contributed by atoms with Gasteiger partial charge in [0.1, 0.15) is 11.5 Å². The summed E-state index contributed by atoms with van der Waals surface area (Å²) < 4.78 is 0. The van der Waals surface area contributed by atoms with E-state index in [0.717, 1.165) is 18.7 Å². The van der Waals surface area contributed by atoms with E-state index in [2.05, 4.69) is 46.2 Å². The Kier molecular flexibility index (Phi) is 4.62. The minimum Gasteiger partial charge on any atom is -0.339 e. The average molecular weight is 324 g/mol. The van der Waals surface area contributed by atoms with E-state index >= 15 is 0 Å². The fraction of sp³-hybridized carbons (Fsp3) is 0.421. The van der Waals surface area contributed by atoms with Gasteiger partial charge in [0.15, 0.2) is 0 Å². The zero-order valence-electron chi connectivity index (χ0n) is 14.8. The molecule has 0 N–H and O–H groups in total. The van der Waals surface area contributed by atoms with Gasteiger partial charge in [-0.15, -0.1) is 0 Å². The first-order chi connectivity index (χ1) is 11.4. The summed E-state index contributed by atoms with van der Waals surface area (Å²) >= 11 is 0. The molecule has 1 aromatic carbocycles. The van der Waals surface area contributed by atoms with Crippen LogP contribution < -0.4 is 0 Å². The zero-order chi connectivity index (χ0) is 17.3. The molecule has 2 aromatic rings. The first kappa shape index (κ1) is 16.6. The summed E-state index contributed by atoms with van der Waals surface area (Å²) in [5.74, 6) is 0.589. The first-order valence-electron chi connectivity index (χ1n) is 8.29. The number of hydrogen-bond donors (Lipinski definition) is 0. The highest BCUT2D eigenvalue weighted by Gasteiger charge is 2.26. The van der Waals surface area contributed by atoms with Crippen LogP contribution in [0.2, 0.25) is 0 Å². The summed E-state index contributed by atoms with van der Waals surface area (Å²) in [6.07, 6.45) is 0.964. The van der Waals surface area contributed by atoms with Crippen molar-refractivity contribution in [3.05, 3.63) is 58.7 Å². The molecular weight excluding hydrogens is 300 g/mol. The monoisotopic (exact) mass is 324 g/mol. The third kappa shape index (κ3) is 3.46. The number of amides is 1. The maximum Gasteiger partial charge on any atom is 0.272 e. The van der Waals surface area contributed by atoms with Crippen LogP contribution in [0, 0.1) is 13.8 Å². The van der Waals surface area contributed by atoms with Crippen LogP contribution in [0.25, 0.3) is 0 Å². The fourth-order valence-electron chi connectivity index (χ4n) is 3.34. The topological polar surface area (TPSA) is 49.3 Å². The van der Waals surface area contributed by atoms with E-state index in [1.807, 2.05) is 20.9 Å². The second-order valence-corrected chi connectivity index (χ2v) is 6.67. The van der Waals surface area contributed by atoms with E-state index in [1.165, 1.54) is 11.1 Å². The number of aryl methyl sites for hydroxylation is 2. The average Bonchev–Trinajstić information content (AvgIpc) is 2.53. The van der Waals surface area contributed by atoms with Gasteiger partial charge in [0.05, 0.1) is 0 Å². The van der Waals surface area contributed by atoms with Crippen molar-refractivity contribution >= 4 is 5.91 Å². The van der Waals surface area contributed by atoms with Crippen molar-refractivity contribution < 1.29 is 4.79 Å². The van der Waals surface area contributed by atoms with Crippen LogP contribution in [0.15, 0.2) is 30.3 Å². The summed E-state index contributed by atoms with van der Waals surface area (Å²) in [6.45, 7) is 5.31. The Balaban J connectivity index is 1.72. The Morgan fingerprint density at radius 2 is 1.96 bits per heavy atom. The maximum atomic E-state index is 12.7. The number of nitrogens with zero attached hydrogens (tertiary/aromatic N) is 4. The lowest BCUT2D eigenvalue weighted by atomic mass is 9.94. The number of rotatable bonds is 3. The SMILES string of the molecule is Cc1cc(C(=O)N(C)C[C@@H]2Cc3ccccc3CN2C)nc(C)n1. The predicted octanol–water partition coefficient (Wildman–Crippen LogP) is 2.22. The van der Waals surface area contributed by atoms with Gasteiger partial charge in [-0.2, -0.15) is 0 Å². The third-order valence-electron chi connectivity index (χ3n) is 4.63. The fourth-order valence-corrected chi connectivity index (χ4v) is 3.34. The highest BCUT2D eigenvalue weighted by atomic mass is 16.2. The molecule has 1 aromatic heterocycles. The van der Waals surface area contributed by atoms with Gasteiger partial charge >= 0.3 is 0 Å². The Bertz CT molecular complexity index is 739. The molecule has 1 amide bonds. The number of carbonyl (C=O) groups excluding carboxylic acids is 1. The van der Waals surface area contributed by atoms with Crippen molar-refractivity contribution in [2.45, 2.75) is 32.9 Å². The van der Waals surface area contributed by atoms with E-state index in [-0.39, 0.29) is 5.91 Å². The number of fused-ring (bicyclic) bond motifs is 1. The molecule has 0 fully saturated rings. The van der Waals surface area contributed by atoms with Gasteiger partial charge in [0.25, 0.3) is 5.91 Å². The molecule has 1 aliphatic heterocycles. The van der Waals surface area contributed by atoms with Gasteiger partial charge in [-0.25, -0.2) is 9.97 Å². The highest BCUT2D eigenvalue weighted by molar-refractivity contribution is 5.92. The van der Waals surface area contributed by atoms with Gasteiger partial charge in [0.2, 0.25) is 0 Å². The van der Waals surface area contributed by atoms with Gasteiger partial charge in [0, 0.05) is 31.9 Å². The van der Waals surface area contributed by atoms with Crippen LogP contribution in [0.3, 0.4) is 0 Å². The van der Waals surface area contributed by atoms with E-state index in [0.29, 0.717) is 24.1 Å². The third-order valence-corrected chi connectivity index (χ3v) is 4.63. The number of likely N-dealkylation sites (N-methyl/N-ethyl adjacent to an activating group) is 2. The van der Waals surface area contributed by atoms with Crippen molar-refractivity contribution in [2.75, 3.05) is 20.6 Å². The van der Waals surface area contributed by atoms with Crippen molar-refractivity contribution in [1.29, 1.82) is 0 Å². The second kappa shape index (κ2) is 6.69. The molecular formula is C19H24N4O. The maximum absolute atomic E-state index is 12.7. The lowest BCUT2D eigenvalue weighted by Gasteiger charge is -2.36. The zero-order valence-corrected chi connectivity index (χ0v) is 14.8. The molecule has 0 spiro atoms.